The molecule has 0 fully saturated rings. The van der Waals surface area contributed by atoms with E-state index < -0.39 is 5.97 Å². The van der Waals surface area contributed by atoms with E-state index in [0.717, 1.165) is 12.8 Å². The maximum absolute atomic E-state index is 11.7. The number of pyridine rings is 1. The Hall–Kier alpha value is -2.57. The van der Waals surface area contributed by atoms with Crippen LogP contribution in [0.3, 0.4) is 0 Å². The van der Waals surface area contributed by atoms with Gasteiger partial charge in [0.2, 0.25) is 0 Å². The molecule has 22 heavy (non-hydrogen) atoms. The molecule has 0 aromatic carbocycles. The Balaban J connectivity index is 2.14. The van der Waals surface area contributed by atoms with Gasteiger partial charge < -0.3 is 15.2 Å². The van der Waals surface area contributed by atoms with Crippen LogP contribution in [-0.2, 0) is 4.79 Å². The summed E-state index contributed by atoms with van der Waals surface area (Å²) in [6.45, 7) is 4.16. The summed E-state index contributed by atoms with van der Waals surface area (Å²) in [5.41, 5.74) is 0.877. The molecule has 0 aliphatic rings. The highest BCUT2D eigenvalue weighted by atomic mass is 16.5. The van der Waals surface area contributed by atoms with E-state index in [2.05, 4.69) is 10.3 Å². The molecule has 0 radical (unpaired) electrons. The molecule has 0 aliphatic heterocycles. The molecule has 2 heterocycles. The number of aromatic carboxylic acids is 1. The van der Waals surface area contributed by atoms with Crippen LogP contribution in [0.25, 0.3) is 5.65 Å². The lowest BCUT2D eigenvalue weighted by Crippen LogP contribution is -2.29. The van der Waals surface area contributed by atoms with Gasteiger partial charge >= 0.3 is 5.97 Å². The number of hydrogen-bond donors (Lipinski definition) is 2. The molecule has 0 saturated heterocycles. The Labute approximate surface area is 127 Å². The van der Waals surface area contributed by atoms with Crippen LogP contribution in [-0.4, -0.2) is 39.5 Å². The molecule has 0 atom stereocenters. The number of ether oxygens (including phenoxy) is 1. The van der Waals surface area contributed by atoms with Crippen LogP contribution in [0.5, 0.6) is 5.75 Å². The third-order valence-electron chi connectivity index (χ3n) is 3.20. The van der Waals surface area contributed by atoms with E-state index in [1.807, 2.05) is 6.92 Å². The minimum atomic E-state index is -1.06. The molecular formula is C15H19N3O4. The van der Waals surface area contributed by atoms with Crippen LogP contribution in [0.15, 0.2) is 18.3 Å². The van der Waals surface area contributed by atoms with E-state index >= 15 is 0 Å². The highest BCUT2D eigenvalue weighted by molar-refractivity contribution is 5.88. The highest BCUT2D eigenvalue weighted by Crippen LogP contribution is 2.21. The number of amides is 1. The number of hydrogen-bond acceptors (Lipinski definition) is 4. The normalized spacial score (nSPS) is 10.6. The van der Waals surface area contributed by atoms with Crippen molar-refractivity contribution in [3.05, 3.63) is 29.7 Å². The first-order valence-electron chi connectivity index (χ1n) is 7.15. The van der Waals surface area contributed by atoms with Crippen molar-refractivity contribution in [2.45, 2.75) is 26.7 Å². The van der Waals surface area contributed by atoms with Gasteiger partial charge in [-0.25, -0.2) is 9.78 Å². The fourth-order valence-corrected chi connectivity index (χ4v) is 2.13. The van der Waals surface area contributed by atoms with Crippen molar-refractivity contribution in [3.63, 3.8) is 0 Å². The molecule has 2 rings (SSSR count). The second-order valence-corrected chi connectivity index (χ2v) is 4.91. The van der Waals surface area contributed by atoms with E-state index in [1.54, 1.807) is 25.3 Å². The number of carbonyl (C=O) groups excluding carboxylic acids is 1. The number of carbonyl (C=O) groups is 2. The Kier molecular flexibility index (Phi) is 4.98. The largest absolute Gasteiger partial charge is 0.480 e. The zero-order valence-electron chi connectivity index (χ0n) is 12.6. The van der Waals surface area contributed by atoms with Gasteiger partial charge in [-0.2, -0.15) is 0 Å². The highest BCUT2D eigenvalue weighted by Gasteiger charge is 2.18. The third-order valence-corrected chi connectivity index (χ3v) is 3.20. The predicted molar refractivity (Wildman–Crippen MR) is 80.3 cm³/mol. The average Bonchev–Trinajstić information content (AvgIpc) is 2.81. The van der Waals surface area contributed by atoms with Crippen molar-refractivity contribution in [2.75, 3.05) is 13.2 Å². The lowest BCUT2D eigenvalue weighted by Gasteiger charge is -2.08. The lowest BCUT2D eigenvalue weighted by atomic mass is 10.3. The minimum absolute atomic E-state index is 0.0906. The molecule has 0 saturated carbocycles. The maximum Gasteiger partial charge on any atom is 0.354 e. The van der Waals surface area contributed by atoms with Gasteiger partial charge in [0.05, 0.1) is 5.69 Å². The average molecular weight is 305 g/mol. The first-order valence-corrected chi connectivity index (χ1v) is 7.15. The first-order chi connectivity index (χ1) is 10.5. The molecule has 2 N–H and O–H groups in total. The molecule has 1 amide bonds. The van der Waals surface area contributed by atoms with E-state index in [-0.39, 0.29) is 18.2 Å². The molecule has 2 aromatic heterocycles. The number of aryl methyl sites for hydroxylation is 1. The van der Waals surface area contributed by atoms with Gasteiger partial charge in [0.15, 0.2) is 23.7 Å². The fourth-order valence-electron chi connectivity index (χ4n) is 2.13. The van der Waals surface area contributed by atoms with Crippen molar-refractivity contribution >= 4 is 17.5 Å². The molecule has 0 unspecified atom stereocenters. The van der Waals surface area contributed by atoms with Gasteiger partial charge in [0, 0.05) is 12.7 Å². The van der Waals surface area contributed by atoms with E-state index in [9.17, 15) is 14.7 Å². The SMILES string of the molecule is CCCCNC(=O)COc1cccn2c(C(=O)O)c(C)nc12. The van der Waals surface area contributed by atoms with Crippen molar-refractivity contribution in [1.82, 2.24) is 14.7 Å². The van der Waals surface area contributed by atoms with Gasteiger partial charge in [0.1, 0.15) is 0 Å². The molecule has 118 valence electrons. The van der Waals surface area contributed by atoms with Crippen LogP contribution in [0.4, 0.5) is 0 Å². The monoisotopic (exact) mass is 305 g/mol. The van der Waals surface area contributed by atoms with Gasteiger partial charge in [-0.15, -0.1) is 0 Å². The predicted octanol–water partition coefficient (Wildman–Crippen LogP) is 1.64. The molecule has 7 nitrogen and oxygen atoms in total. The number of nitrogens with one attached hydrogen (secondary N) is 1. The number of rotatable bonds is 7. The summed E-state index contributed by atoms with van der Waals surface area (Å²) in [6.07, 6.45) is 3.53. The quantitative estimate of drug-likeness (QED) is 0.758. The zero-order valence-corrected chi connectivity index (χ0v) is 12.6. The Bertz CT molecular complexity index is 693. The van der Waals surface area contributed by atoms with Crippen LogP contribution in [0, 0.1) is 6.92 Å². The van der Waals surface area contributed by atoms with Crippen molar-refractivity contribution in [1.29, 1.82) is 0 Å². The van der Waals surface area contributed by atoms with Crippen LogP contribution < -0.4 is 10.1 Å². The van der Waals surface area contributed by atoms with Gasteiger partial charge in [-0.3, -0.25) is 9.20 Å². The number of aromatic nitrogens is 2. The number of carboxylic acid groups (broad SMARTS) is 1. The molecule has 2 aromatic rings. The summed E-state index contributed by atoms with van der Waals surface area (Å²) in [7, 11) is 0. The molecule has 7 heteroatoms. The molecule has 0 aliphatic carbocycles. The van der Waals surface area contributed by atoms with E-state index in [4.69, 9.17) is 4.74 Å². The maximum atomic E-state index is 11.7. The van der Waals surface area contributed by atoms with E-state index in [0.29, 0.717) is 23.6 Å². The third kappa shape index (κ3) is 3.36. The summed E-state index contributed by atoms with van der Waals surface area (Å²) < 4.78 is 6.92. The van der Waals surface area contributed by atoms with Gasteiger partial charge in [-0.05, 0) is 25.5 Å². The summed E-state index contributed by atoms with van der Waals surface area (Å²) in [6, 6.07) is 3.32. The zero-order chi connectivity index (χ0) is 16.1. The Morgan fingerprint density at radius 2 is 2.23 bits per heavy atom. The van der Waals surface area contributed by atoms with Crippen LogP contribution >= 0.6 is 0 Å². The Morgan fingerprint density at radius 1 is 1.45 bits per heavy atom. The molecule has 0 bridgehead atoms. The Morgan fingerprint density at radius 3 is 2.91 bits per heavy atom. The second kappa shape index (κ2) is 6.93. The number of nitrogens with zero attached hydrogens (tertiary/aromatic N) is 2. The van der Waals surface area contributed by atoms with Gasteiger partial charge in [0.25, 0.3) is 5.91 Å². The van der Waals surface area contributed by atoms with Crippen LogP contribution in [0.1, 0.15) is 35.9 Å². The lowest BCUT2D eigenvalue weighted by molar-refractivity contribution is -0.123. The summed E-state index contributed by atoms with van der Waals surface area (Å²) in [5.74, 6) is -0.889. The topological polar surface area (TPSA) is 92.9 Å². The number of fused-ring (bicyclic) bond motifs is 1. The summed E-state index contributed by atoms with van der Waals surface area (Å²) >= 11 is 0. The van der Waals surface area contributed by atoms with Crippen molar-refractivity contribution in [3.8, 4) is 5.75 Å². The van der Waals surface area contributed by atoms with Crippen LogP contribution in [0.2, 0.25) is 0 Å². The number of unbranched alkanes of at least 4 members (excludes halogenated alkanes) is 1. The first kappa shape index (κ1) is 15.8. The second-order valence-electron chi connectivity index (χ2n) is 4.91. The molecular weight excluding hydrogens is 286 g/mol. The molecule has 0 spiro atoms. The van der Waals surface area contributed by atoms with Crippen molar-refractivity contribution in [2.24, 2.45) is 0 Å². The minimum Gasteiger partial charge on any atom is -0.480 e. The van der Waals surface area contributed by atoms with Crippen molar-refractivity contribution < 1.29 is 19.4 Å². The van der Waals surface area contributed by atoms with Gasteiger partial charge in [-0.1, -0.05) is 13.3 Å². The number of carboxylic acids is 1. The van der Waals surface area contributed by atoms with E-state index in [1.165, 1.54) is 4.40 Å². The standard InChI is InChI=1S/C15H19N3O4/c1-3-4-7-16-12(19)9-22-11-6-5-8-18-13(15(20)21)10(2)17-14(11)18/h5-6,8H,3-4,7,9H2,1-2H3,(H,16,19)(H,20,21). The smallest absolute Gasteiger partial charge is 0.354 e. The fraction of sp³-hybridized carbons (Fsp3) is 0.400. The summed E-state index contributed by atoms with van der Waals surface area (Å²) in [5, 5.41) is 12.0. The number of imidazole rings is 1. The summed E-state index contributed by atoms with van der Waals surface area (Å²) in [4.78, 5) is 27.1.